The first kappa shape index (κ1) is 11.2. The summed E-state index contributed by atoms with van der Waals surface area (Å²) in [5.41, 5.74) is 0.680. The predicted octanol–water partition coefficient (Wildman–Crippen LogP) is 2.43. The van der Waals surface area contributed by atoms with Crippen molar-refractivity contribution in [3.05, 3.63) is 40.3 Å². The fourth-order valence-corrected chi connectivity index (χ4v) is 4.40. The lowest BCUT2D eigenvalue weighted by molar-refractivity contribution is 1.30. The normalized spacial score (nSPS) is 11.4. The first-order chi connectivity index (χ1) is 8.06. The minimum atomic E-state index is -0.736. The molecule has 0 atom stereocenters. The fraction of sp³-hybridized carbons (Fsp3) is 0. The van der Waals surface area contributed by atoms with Crippen molar-refractivity contribution >= 4 is 43.2 Å². The topological polar surface area (TPSA) is 59.9 Å². The van der Waals surface area contributed by atoms with Gasteiger partial charge in [0.15, 0.2) is 0 Å². The molecule has 0 fully saturated rings. The third-order valence-corrected chi connectivity index (χ3v) is 4.65. The van der Waals surface area contributed by atoms with Crippen LogP contribution >= 0.6 is 43.2 Å². The molecule has 0 saturated carbocycles. The predicted molar refractivity (Wildman–Crippen MR) is 72.3 cm³/mol. The van der Waals surface area contributed by atoms with Crippen LogP contribution in [0.2, 0.25) is 0 Å². The van der Waals surface area contributed by atoms with Crippen LogP contribution in [0.5, 0.6) is 0 Å². The SMILES string of the molecule is O=c1nc2cc(-c3cc(Br)sc3Br)nc-2c1=O. The second-order valence-corrected chi connectivity index (χ2v) is 7.11. The van der Waals surface area contributed by atoms with Gasteiger partial charge in [-0.15, -0.1) is 11.3 Å². The van der Waals surface area contributed by atoms with Crippen LogP contribution in [0, 0.1) is 0 Å². The Morgan fingerprint density at radius 2 is 1.82 bits per heavy atom. The second kappa shape index (κ2) is 3.79. The van der Waals surface area contributed by atoms with E-state index >= 15 is 0 Å². The standard InChI is InChI=1S/C10H2Br2N2O2S/c11-6-1-3(9(12)17-6)4-2-5-7(13-4)8(15)10(16)14-5/h1-2H. The zero-order chi connectivity index (χ0) is 12.2. The zero-order valence-electron chi connectivity index (χ0n) is 8.03. The van der Waals surface area contributed by atoms with Crippen molar-refractivity contribution in [1.29, 1.82) is 0 Å². The lowest BCUT2D eigenvalue weighted by Gasteiger charge is -1.90. The summed E-state index contributed by atoms with van der Waals surface area (Å²) in [6, 6.07) is 3.55. The third kappa shape index (κ3) is 1.69. The van der Waals surface area contributed by atoms with E-state index in [0.717, 1.165) is 13.1 Å². The van der Waals surface area contributed by atoms with Crippen LogP contribution in [-0.4, -0.2) is 9.97 Å². The Kier molecular flexibility index (Phi) is 2.49. The van der Waals surface area contributed by atoms with Crippen molar-refractivity contribution in [3.63, 3.8) is 0 Å². The van der Waals surface area contributed by atoms with E-state index in [2.05, 4.69) is 41.8 Å². The molecule has 0 aliphatic carbocycles. The van der Waals surface area contributed by atoms with E-state index in [9.17, 15) is 9.59 Å². The van der Waals surface area contributed by atoms with Crippen molar-refractivity contribution in [1.82, 2.24) is 9.97 Å². The van der Waals surface area contributed by atoms with Gasteiger partial charge in [-0.05, 0) is 44.0 Å². The van der Waals surface area contributed by atoms with Gasteiger partial charge in [-0.3, -0.25) is 9.59 Å². The highest BCUT2D eigenvalue weighted by Gasteiger charge is 2.21. The summed E-state index contributed by atoms with van der Waals surface area (Å²) >= 11 is 8.31. The number of thiophene rings is 1. The molecular weight excluding hydrogens is 372 g/mol. The first-order valence-corrected chi connectivity index (χ1v) is 6.90. The van der Waals surface area contributed by atoms with Crippen molar-refractivity contribution in [2.24, 2.45) is 0 Å². The molecular formula is C10H2Br2N2O2S. The summed E-state index contributed by atoms with van der Waals surface area (Å²) in [5, 5.41) is 0. The average Bonchev–Trinajstić information content (AvgIpc) is 2.86. The van der Waals surface area contributed by atoms with Crippen LogP contribution in [0.15, 0.2) is 29.3 Å². The van der Waals surface area contributed by atoms with Gasteiger partial charge in [0.2, 0.25) is 0 Å². The minimum Gasteiger partial charge on any atom is -0.281 e. The Balaban J connectivity index is 2.26. The van der Waals surface area contributed by atoms with Crippen LogP contribution in [-0.2, 0) is 0 Å². The van der Waals surface area contributed by atoms with Crippen molar-refractivity contribution in [2.75, 3.05) is 0 Å². The molecule has 0 N–H and O–H groups in total. The number of hydrogen-bond donors (Lipinski definition) is 0. The smallest absolute Gasteiger partial charge is 0.281 e. The van der Waals surface area contributed by atoms with Gasteiger partial charge >= 0.3 is 5.56 Å². The van der Waals surface area contributed by atoms with Gasteiger partial charge in [-0.25, -0.2) is 9.97 Å². The highest BCUT2D eigenvalue weighted by atomic mass is 79.9. The van der Waals surface area contributed by atoms with Gasteiger partial charge in [-0.1, -0.05) is 0 Å². The van der Waals surface area contributed by atoms with Crippen molar-refractivity contribution in [2.45, 2.75) is 0 Å². The Morgan fingerprint density at radius 3 is 2.41 bits per heavy atom. The summed E-state index contributed by atoms with van der Waals surface area (Å²) in [4.78, 5) is 30.2. The minimum absolute atomic E-state index is 0.152. The number of fused-ring (bicyclic) bond motifs is 1. The molecule has 3 heterocycles. The van der Waals surface area contributed by atoms with Crippen molar-refractivity contribution in [3.8, 4) is 22.6 Å². The van der Waals surface area contributed by atoms with Gasteiger partial charge in [0.25, 0.3) is 5.43 Å². The summed E-state index contributed by atoms with van der Waals surface area (Å²) in [7, 11) is 0. The molecule has 0 bridgehead atoms. The molecule has 0 unspecified atom stereocenters. The molecule has 7 heteroatoms. The van der Waals surface area contributed by atoms with Gasteiger partial charge in [0.05, 0.1) is 19.0 Å². The summed E-state index contributed by atoms with van der Waals surface area (Å²) < 4.78 is 1.88. The van der Waals surface area contributed by atoms with E-state index in [1.165, 1.54) is 11.3 Å². The highest BCUT2D eigenvalue weighted by molar-refractivity contribution is 9.12. The Labute approximate surface area is 116 Å². The van der Waals surface area contributed by atoms with E-state index in [0.29, 0.717) is 11.4 Å². The quantitative estimate of drug-likeness (QED) is 0.614. The Hall–Kier alpha value is -0.920. The second-order valence-electron chi connectivity index (χ2n) is 3.36. The van der Waals surface area contributed by atoms with Crippen LogP contribution in [0.1, 0.15) is 0 Å². The summed E-state index contributed by atoms with van der Waals surface area (Å²) in [5.74, 6) is 0. The molecule has 2 aliphatic rings. The first-order valence-electron chi connectivity index (χ1n) is 4.49. The third-order valence-electron chi connectivity index (χ3n) is 2.31. The highest BCUT2D eigenvalue weighted by Crippen LogP contribution is 2.39. The maximum atomic E-state index is 11.4. The van der Waals surface area contributed by atoms with E-state index < -0.39 is 11.0 Å². The van der Waals surface area contributed by atoms with Gasteiger partial charge in [0, 0.05) is 5.56 Å². The molecule has 2 aliphatic heterocycles. The fourth-order valence-electron chi connectivity index (χ4n) is 1.57. The van der Waals surface area contributed by atoms with Gasteiger partial charge in [0.1, 0.15) is 5.69 Å². The summed E-state index contributed by atoms with van der Waals surface area (Å²) in [6.07, 6.45) is 0. The summed E-state index contributed by atoms with van der Waals surface area (Å²) in [6.45, 7) is 0. The molecule has 0 spiro atoms. The lowest BCUT2D eigenvalue weighted by atomic mass is 10.2. The molecule has 1 aromatic rings. The number of nitrogens with zero attached hydrogens (tertiary/aromatic N) is 2. The van der Waals surface area contributed by atoms with E-state index in [1.807, 2.05) is 6.07 Å². The molecule has 0 aromatic carbocycles. The zero-order valence-corrected chi connectivity index (χ0v) is 12.0. The van der Waals surface area contributed by atoms with E-state index in [1.54, 1.807) is 6.07 Å². The Bertz CT molecular complexity index is 773. The molecule has 17 heavy (non-hydrogen) atoms. The van der Waals surface area contributed by atoms with Gasteiger partial charge < -0.3 is 0 Å². The van der Waals surface area contributed by atoms with Crippen LogP contribution < -0.4 is 11.0 Å². The lowest BCUT2D eigenvalue weighted by Crippen LogP contribution is -2.19. The van der Waals surface area contributed by atoms with E-state index in [4.69, 9.17) is 0 Å². The number of halogens is 2. The Morgan fingerprint density at radius 1 is 1.06 bits per heavy atom. The molecule has 0 saturated heterocycles. The maximum absolute atomic E-state index is 11.4. The van der Waals surface area contributed by atoms with Crippen LogP contribution in [0.3, 0.4) is 0 Å². The average molecular weight is 374 g/mol. The molecule has 1 aromatic heterocycles. The van der Waals surface area contributed by atoms with Crippen LogP contribution in [0.25, 0.3) is 22.6 Å². The van der Waals surface area contributed by atoms with Crippen molar-refractivity contribution < 1.29 is 0 Å². The molecule has 84 valence electrons. The molecule has 0 radical (unpaired) electrons. The van der Waals surface area contributed by atoms with Crippen LogP contribution in [0.4, 0.5) is 0 Å². The monoisotopic (exact) mass is 372 g/mol. The number of hydrogen-bond acceptors (Lipinski definition) is 5. The largest absolute Gasteiger partial charge is 0.320 e. The number of aromatic nitrogens is 2. The van der Waals surface area contributed by atoms with E-state index in [-0.39, 0.29) is 5.69 Å². The molecule has 3 rings (SSSR count). The molecule has 4 nitrogen and oxygen atoms in total. The maximum Gasteiger partial charge on any atom is 0.320 e. The number of rotatable bonds is 1. The van der Waals surface area contributed by atoms with Gasteiger partial charge in [-0.2, -0.15) is 0 Å². The molecule has 0 amide bonds.